The largest absolute Gasteiger partial charge is 0.439 e. The van der Waals surface area contributed by atoms with Crippen LogP contribution in [-0.4, -0.2) is 78.7 Å². The number of aryl methyl sites for hydroxylation is 2. The van der Waals surface area contributed by atoms with Gasteiger partial charge in [-0.1, -0.05) is 30.7 Å². The van der Waals surface area contributed by atoms with Crippen molar-refractivity contribution >= 4 is 22.8 Å². The molecule has 3 N–H and O–H groups in total. The lowest BCUT2D eigenvalue weighted by molar-refractivity contribution is -0.132. The number of carbonyl (C=O) groups is 1. The normalized spacial score (nSPS) is 19.2. The molecule has 2 saturated heterocycles. The number of nitrogen functional groups attached to an aromatic ring is 1. The van der Waals surface area contributed by atoms with Gasteiger partial charge in [-0.05, 0) is 49.1 Å². The van der Waals surface area contributed by atoms with E-state index in [1.807, 2.05) is 61.0 Å². The highest BCUT2D eigenvalue weighted by molar-refractivity contribution is 6.03. The van der Waals surface area contributed by atoms with Gasteiger partial charge in [0.05, 0.1) is 11.5 Å². The maximum atomic E-state index is 11.9. The smallest absolute Gasteiger partial charge is 0.246 e. The molecule has 42 heavy (non-hydrogen) atoms. The SMILES string of the molecule is C=CC(=O)N1CCC(N2CC(C#Cc3c(-c4ccc(Oc5cccc(C)n5)cc4)c4c(N)ncnc4n3C)C2)C(O)C1. The summed E-state index contributed by atoms with van der Waals surface area (Å²) in [7, 11) is 1.94. The summed E-state index contributed by atoms with van der Waals surface area (Å²) >= 11 is 0. The Kier molecular flexibility index (Phi) is 7.37. The van der Waals surface area contributed by atoms with E-state index in [-0.39, 0.29) is 17.9 Å². The van der Waals surface area contributed by atoms with E-state index in [0.717, 1.165) is 47.4 Å². The van der Waals surface area contributed by atoms with Gasteiger partial charge in [0.25, 0.3) is 0 Å². The van der Waals surface area contributed by atoms with Gasteiger partial charge >= 0.3 is 0 Å². The van der Waals surface area contributed by atoms with E-state index < -0.39 is 6.10 Å². The van der Waals surface area contributed by atoms with Crippen LogP contribution in [0.3, 0.4) is 0 Å². The number of rotatable bonds is 5. The zero-order valence-corrected chi connectivity index (χ0v) is 23.7. The number of aromatic nitrogens is 4. The highest BCUT2D eigenvalue weighted by Crippen LogP contribution is 2.37. The minimum Gasteiger partial charge on any atom is -0.439 e. The number of aliphatic hydroxyl groups excluding tert-OH is 1. The molecule has 5 heterocycles. The van der Waals surface area contributed by atoms with Crippen LogP contribution in [0.4, 0.5) is 5.82 Å². The predicted octanol–water partition coefficient (Wildman–Crippen LogP) is 3.14. The molecule has 2 unspecified atom stereocenters. The van der Waals surface area contributed by atoms with Crippen molar-refractivity contribution < 1.29 is 14.6 Å². The first kappa shape index (κ1) is 27.4. The molecular weight excluding hydrogens is 530 g/mol. The van der Waals surface area contributed by atoms with Gasteiger partial charge < -0.3 is 25.0 Å². The van der Waals surface area contributed by atoms with Gasteiger partial charge in [-0.3, -0.25) is 9.69 Å². The van der Waals surface area contributed by atoms with Crippen molar-refractivity contribution in [2.24, 2.45) is 13.0 Å². The van der Waals surface area contributed by atoms with Gasteiger partial charge in [0, 0.05) is 62.5 Å². The number of hydrogen-bond acceptors (Lipinski definition) is 8. The molecule has 1 aromatic carbocycles. The van der Waals surface area contributed by atoms with Crippen molar-refractivity contribution in [2.75, 3.05) is 31.9 Å². The third kappa shape index (κ3) is 5.20. The van der Waals surface area contributed by atoms with Crippen molar-refractivity contribution in [3.8, 4) is 34.6 Å². The summed E-state index contributed by atoms with van der Waals surface area (Å²) < 4.78 is 7.91. The molecule has 2 aliphatic heterocycles. The number of amides is 1. The van der Waals surface area contributed by atoms with E-state index in [4.69, 9.17) is 10.5 Å². The standard InChI is InChI=1S/C32H33N7O3/c1-4-28(41)38-15-14-24(26(40)18-38)39-16-21(17-39)8-13-25-29(30-31(33)34-19-35-32(30)37(25)3)22-9-11-23(12-10-22)42-27-7-5-6-20(2)36-27/h4-7,9-12,19,21,24,26,40H,1,14-18H2,2-3H3,(H2,33,34,35). The molecule has 2 fully saturated rings. The van der Waals surface area contributed by atoms with Crippen LogP contribution in [0.5, 0.6) is 11.6 Å². The second kappa shape index (κ2) is 11.3. The molecule has 0 aliphatic carbocycles. The number of nitrogens with zero attached hydrogens (tertiary/aromatic N) is 6. The number of likely N-dealkylation sites (tertiary alicyclic amines) is 2. The summed E-state index contributed by atoms with van der Waals surface area (Å²) in [6.45, 7) is 7.95. The molecule has 2 atom stereocenters. The lowest BCUT2D eigenvalue weighted by Crippen LogP contribution is -2.61. The second-order valence-corrected chi connectivity index (χ2v) is 10.8. The fourth-order valence-corrected chi connectivity index (χ4v) is 5.81. The van der Waals surface area contributed by atoms with E-state index in [1.165, 1.54) is 12.4 Å². The highest BCUT2D eigenvalue weighted by atomic mass is 16.5. The van der Waals surface area contributed by atoms with Crippen LogP contribution < -0.4 is 10.5 Å². The molecule has 4 aromatic rings. The van der Waals surface area contributed by atoms with Crippen molar-refractivity contribution in [3.63, 3.8) is 0 Å². The van der Waals surface area contributed by atoms with Crippen molar-refractivity contribution in [2.45, 2.75) is 25.5 Å². The molecule has 0 bridgehead atoms. The molecule has 214 valence electrons. The minimum absolute atomic E-state index is 0.0240. The maximum absolute atomic E-state index is 11.9. The molecular formula is C32H33N7O3. The molecule has 0 spiro atoms. The molecule has 0 saturated carbocycles. The number of fused-ring (bicyclic) bond motifs is 1. The lowest BCUT2D eigenvalue weighted by atomic mass is 9.91. The summed E-state index contributed by atoms with van der Waals surface area (Å²) in [5.74, 6) is 8.49. The van der Waals surface area contributed by atoms with Crippen LogP contribution in [0.25, 0.3) is 22.2 Å². The van der Waals surface area contributed by atoms with Gasteiger partial charge in [0.15, 0.2) is 0 Å². The topological polar surface area (TPSA) is 123 Å². The number of β-amino-alcohol motifs (C(OH)–C–C–N with tert-alkyl or cyclic N) is 1. The van der Waals surface area contributed by atoms with Crippen LogP contribution in [0.15, 0.2) is 61.4 Å². The van der Waals surface area contributed by atoms with E-state index >= 15 is 0 Å². The monoisotopic (exact) mass is 563 g/mol. The number of hydrogen-bond donors (Lipinski definition) is 2. The van der Waals surface area contributed by atoms with E-state index in [2.05, 4.69) is 38.3 Å². The van der Waals surface area contributed by atoms with Crippen LogP contribution in [0.2, 0.25) is 0 Å². The highest BCUT2D eigenvalue weighted by Gasteiger charge is 2.38. The first-order valence-corrected chi connectivity index (χ1v) is 14.0. The average Bonchev–Trinajstić information content (AvgIpc) is 3.25. The first-order chi connectivity index (χ1) is 20.3. The van der Waals surface area contributed by atoms with E-state index in [9.17, 15) is 9.90 Å². The Morgan fingerprint density at radius 3 is 2.67 bits per heavy atom. The molecule has 10 nitrogen and oxygen atoms in total. The first-order valence-electron chi connectivity index (χ1n) is 14.0. The van der Waals surface area contributed by atoms with Crippen molar-refractivity contribution in [3.05, 3.63) is 72.8 Å². The van der Waals surface area contributed by atoms with Gasteiger partial charge in [0.1, 0.15) is 29.2 Å². The average molecular weight is 564 g/mol. The van der Waals surface area contributed by atoms with E-state index in [0.29, 0.717) is 36.2 Å². The van der Waals surface area contributed by atoms with Gasteiger partial charge in [0.2, 0.25) is 11.8 Å². The summed E-state index contributed by atoms with van der Waals surface area (Å²) in [6.07, 6.45) is 2.91. The molecule has 6 rings (SSSR count). The minimum atomic E-state index is -0.587. The molecule has 0 radical (unpaired) electrons. The van der Waals surface area contributed by atoms with Crippen molar-refractivity contribution in [1.29, 1.82) is 0 Å². The number of ether oxygens (including phenoxy) is 1. The Labute approximate surface area is 244 Å². The Balaban J connectivity index is 1.23. The Bertz CT molecular complexity index is 1710. The summed E-state index contributed by atoms with van der Waals surface area (Å²) in [5, 5.41) is 11.4. The fraction of sp³-hybridized carbons (Fsp3) is 0.312. The van der Waals surface area contributed by atoms with E-state index in [1.54, 1.807) is 4.90 Å². The molecule has 10 heteroatoms. The number of benzene rings is 1. The third-order valence-corrected chi connectivity index (χ3v) is 8.03. The zero-order chi connectivity index (χ0) is 29.4. The Morgan fingerprint density at radius 1 is 1.17 bits per heavy atom. The number of pyridine rings is 1. The number of piperidine rings is 1. The number of nitrogens with two attached hydrogens (primary N) is 1. The van der Waals surface area contributed by atoms with Crippen LogP contribution >= 0.6 is 0 Å². The molecule has 3 aromatic heterocycles. The van der Waals surface area contributed by atoms with Gasteiger partial charge in [-0.15, -0.1) is 0 Å². The fourth-order valence-electron chi connectivity index (χ4n) is 5.81. The zero-order valence-electron chi connectivity index (χ0n) is 23.7. The van der Waals surface area contributed by atoms with Crippen LogP contribution in [0, 0.1) is 24.7 Å². The number of anilines is 1. The third-order valence-electron chi connectivity index (χ3n) is 8.03. The Hall–Kier alpha value is -4.72. The maximum Gasteiger partial charge on any atom is 0.246 e. The predicted molar refractivity (Wildman–Crippen MR) is 161 cm³/mol. The molecule has 1 amide bonds. The summed E-state index contributed by atoms with van der Waals surface area (Å²) in [5.41, 5.74) is 10.6. The lowest BCUT2D eigenvalue weighted by Gasteiger charge is -2.47. The summed E-state index contributed by atoms with van der Waals surface area (Å²) in [6, 6.07) is 13.4. The van der Waals surface area contributed by atoms with Crippen LogP contribution in [-0.2, 0) is 11.8 Å². The number of aliphatic hydroxyl groups is 1. The van der Waals surface area contributed by atoms with Gasteiger partial charge in [-0.2, -0.15) is 0 Å². The summed E-state index contributed by atoms with van der Waals surface area (Å²) in [4.78, 5) is 29.0. The molecule has 2 aliphatic rings. The van der Waals surface area contributed by atoms with Gasteiger partial charge in [-0.25, -0.2) is 15.0 Å². The second-order valence-electron chi connectivity index (χ2n) is 10.8. The number of carbonyl (C=O) groups excluding carboxylic acids is 1. The van der Waals surface area contributed by atoms with Crippen LogP contribution in [0.1, 0.15) is 17.8 Å². The van der Waals surface area contributed by atoms with Crippen molar-refractivity contribution in [1.82, 2.24) is 29.3 Å². The Morgan fingerprint density at radius 2 is 1.95 bits per heavy atom. The quantitative estimate of drug-likeness (QED) is 0.281.